The van der Waals surface area contributed by atoms with Crippen molar-refractivity contribution in [3.8, 4) is 22.3 Å². The van der Waals surface area contributed by atoms with Crippen molar-refractivity contribution < 1.29 is 12.2 Å². The summed E-state index contributed by atoms with van der Waals surface area (Å²) in [7, 11) is -1.52. The van der Waals surface area contributed by atoms with E-state index in [1.165, 1.54) is 33.4 Å². The van der Waals surface area contributed by atoms with Gasteiger partial charge in [-0.3, -0.25) is 0 Å². The number of allylic oxidation sites excluding steroid dienone is 2. The normalized spacial score (nSPS) is 18.7. The van der Waals surface area contributed by atoms with Crippen molar-refractivity contribution in [2.75, 3.05) is 0 Å². The van der Waals surface area contributed by atoms with E-state index in [4.69, 9.17) is 0 Å². The van der Waals surface area contributed by atoms with E-state index in [1.54, 1.807) is 27.5 Å². The molecule has 0 N–H and O–H groups in total. The van der Waals surface area contributed by atoms with Gasteiger partial charge in [-0.25, -0.2) is 0 Å². The summed E-state index contributed by atoms with van der Waals surface area (Å²) in [4.78, 5) is 0. The van der Waals surface area contributed by atoms with Crippen molar-refractivity contribution in [3.05, 3.63) is 161 Å². The molecule has 7 rings (SSSR count). The van der Waals surface area contributed by atoms with Gasteiger partial charge < -0.3 is 0 Å². The molecular formula is C43H45SiV. The third kappa shape index (κ3) is 4.71. The van der Waals surface area contributed by atoms with E-state index in [1.807, 2.05) is 0 Å². The van der Waals surface area contributed by atoms with E-state index >= 15 is 0 Å². The molecule has 0 fully saturated rings. The maximum atomic E-state index is 2.87. The summed E-state index contributed by atoms with van der Waals surface area (Å²) in [6, 6.07) is 48.1. The molecule has 0 heterocycles. The summed E-state index contributed by atoms with van der Waals surface area (Å²) in [5.41, 5.74) is 20.6. The van der Waals surface area contributed by atoms with Crippen LogP contribution in [0.5, 0.6) is 0 Å². The predicted octanol–water partition coefficient (Wildman–Crippen LogP) is 11.5. The zero-order valence-corrected chi connectivity index (χ0v) is 29.9. The van der Waals surface area contributed by atoms with Gasteiger partial charge in [0.15, 0.2) is 0 Å². The zero-order chi connectivity index (χ0) is 31.2. The summed E-state index contributed by atoms with van der Waals surface area (Å²) < 4.78 is 0.973. The number of benzene rings is 5. The van der Waals surface area contributed by atoms with Crippen molar-refractivity contribution in [3.63, 3.8) is 0 Å². The summed E-state index contributed by atoms with van der Waals surface area (Å²) in [6.45, 7) is 7.53. The Hall–Kier alpha value is -3.62. The van der Waals surface area contributed by atoms with Crippen molar-refractivity contribution in [2.24, 2.45) is 0 Å². The molecule has 3 unspecified atom stereocenters. The van der Waals surface area contributed by atoms with Gasteiger partial charge in [-0.1, -0.05) is 0 Å². The second-order valence-corrected chi connectivity index (χ2v) is 35.4. The van der Waals surface area contributed by atoms with Crippen LogP contribution >= 0.6 is 0 Å². The van der Waals surface area contributed by atoms with Gasteiger partial charge >= 0.3 is 274 Å². The first-order valence-corrected chi connectivity index (χ1v) is 25.8. The number of fused-ring (bicyclic) bond motifs is 2. The van der Waals surface area contributed by atoms with Gasteiger partial charge in [0.1, 0.15) is 0 Å². The first-order valence-electron chi connectivity index (χ1n) is 16.7. The van der Waals surface area contributed by atoms with Crippen molar-refractivity contribution >= 4 is 24.5 Å². The van der Waals surface area contributed by atoms with Gasteiger partial charge in [0.05, 0.1) is 0 Å². The maximum absolute atomic E-state index is 3.49. The van der Waals surface area contributed by atoms with E-state index in [9.17, 15) is 0 Å². The fourth-order valence-electron chi connectivity index (χ4n) is 8.94. The van der Waals surface area contributed by atoms with E-state index < -0.39 is 19.4 Å². The molecule has 45 heavy (non-hydrogen) atoms. The molecule has 0 saturated heterocycles. The topological polar surface area (TPSA) is 0 Å². The third-order valence-electron chi connectivity index (χ3n) is 11.3. The van der Waals surface area contributed by atoms with Gasteiger partial charge in [0.2, 0.25) is 0 Å². The summed E-state index contributed by atoms with van der Waals surface area (Å²) in [6.07, 6.45) is 7.42. The average molecular weight is 641 g/mol. The van der Waals surface area contributed by atoms with Gasteiger partial charge in [-0.05, 0) is 0 Å². The minimum atomic E-state index is -3.49. The molecule has 3 atom stereocenters. The molecule has 0 radical (unpaired) electrons. The van der Waals surface area contributed by atoms with Crippen LogP contribution in [0.25, 0.3) is 34.4 Å². The summed E-state index contributed by atoms with van der Waals surface area (Å²) >= 11 is -3.49. The van der Waals surface area contributed by atoms with Crippen LogP contribution in [0.2, 0.25) is 17.8 Å². The minimum absolute atomic E-state index is 0.486. The molecule has 5 aromatic rings. The molecule has 2 aliphatic carbocycles. The van der Waals surface area contributed by atoms with Crippen molar-refractivity contribution in [1.82, 2.24) is 0 Å². The standard InChI is InChI=1S/2C17H15.C7H9Si.2CH3.V/c2*1-2-13-11-15-9-6-10-16(17(15)12-13)14-7-4-3-5-8-14;1-8-7-5-3-2-4-6-7;;;/h2*3-12H,2H2,1H3;2-6,8H,1H3;2*1H3;. The fourth-order valence-corrected chi connectivity index (χ4v) is 31.8. The molecule has 2 aliphatic rings. The Morgan fingerprint density at radius 1 is 0.511 bits per heavy atom. The van der Waals surface area contributed by atoms with E-state index in [-0.39, 0.29) is 0 Å². The van der Waals surface area contributed by atoms with Gasteiger partial charge in [0, 0.05) is 0 Å². The molecule has 0 spiro atoms. The first kappa shape index (κ1) is 30.1. The zero-order valence-electron chi connectivity index (χ0n) is 27.4. The van der Waals surface area contributed by atoms with Crippen LogP contribution in [0, 0.1) is 0 Å². The van der Waals surface area contributed by atoms with E-state index in [0.717, 1.165) is 12.8 Å². The molecule has 0 nitrogen and oxygen atoms in total. The van der Waals surface area contributed by atoms with Crippen molar-refractivity contribution in [2.45, 2.75) is 53.8 Å². The van der Waals surface area contributed by atoms with Gasteiger partial charge in [-0.2, -0.15) is 0 Å². The van der Waals surface area contributed by atoms with E-state index in [0.29, 0.717) is 9.26 Å². The van der Waals surface area contributed by atoms with Crippen LogP contribution < -0.4 is 5.19 Å². The van der Waals surface area contributed by atoms with Crippen LogP contribution in [0.15, 0.2) is 139 Å². The Balaban J connectivity index is 1.51. The van der Waals surface area contributed by atoms with Crippen molar-refractivity contribution in [1.29, 1.82) is 0 Å². The van der Waals surface area contributed by atoms with Crippen LogP contribution in [-0.4, -0.2) is 7.17 Å². The molecule has 0 bridgehead atoms. The van der Waals surface area contributed by atoms with Crippen LogP contribution in [0.4, 0.5) is 0 Å². The van der Waals surface area contributed by atoms with Crippen LogP contribution in [0.3, 0.4) is 0 Å². The Kier molecular flexibility index (Phi) is 7.77. The fraction of sp³-hybridized carbons (Fsp3) is 0.209. The number of hydrogen-bond acceptors (Lipinski definition) is 0. The van der Waals surface area contributed by atoms with Gasteiger partial charge in [-0.15, -0.1) is 0 Å². The Bertz CT molecular complexity index is 1800. The summed E-state index contributed by atoms with van der Waals surface area (Å²) in [5.74, 6) is 0. The Morgan fingerprint density at radius 2 is 0.911 bits per heavy atom. The Morgan fingerprint density at radius 3 is 1.31 bits per heavy atom. The van der Waals surface area contributed by atoms with Crippen LogP contribution in [0.1, 0.15) is 58.2 Å². The molecule has 0 aliphatic heterocycles. The quantitative estimate of drug-likeness (QED) is 0.148. The molecule has 5 aromatic carbocycles. The second kappa shape index (κ2) is 11.6. The van der Waals surface area contributed by atoms with Crippen LogP contribution in [-0.2, 0) is 12.2 Å². The number of hydrogen-bond donors (Lipinski definition) is 0. The Labute approximate surface area is 272 Å². The predicted molar refractivity (Wildman–Crippen MR) is 197 cm³/mol. The molecule has 226 valence electrons. The molecular weight excluding hydrogens is 596 g/mol. The molecule has 2 heteroatoms. The van der Waals surface area contributed by atoms with E-state index in [2.05, 4.69) is 171 Å². The SMILES string of the molecule is CCC1=Cc2c(-c3ccccc3)cccc2[CH]1[V]([CH3])([CH3])([CH]1C(CC)=Cc2c(-c3ccccc3)cccc21)[SiH](C)c1ccccc1. The molecule has 0 amide bonds. The number of rotatable bonds is 8. The molecule has 0 aromatic heterocycles. The van der Waals surface area contributed by atoms with Gasteiger partial charge in [0.25, 0.3) is 0 Å². The molecule has 0 saturated carbocycles. The average Bonchev–Trinajstić information content (AvgIpc) is 3.69. The monoisotopic (exact) mass is 640 g/mol. The first-order chi connectivity index (χ1) is 21.9. The third-order valence-corrected chi connectivity index (χ3v) is 37.4. The summed E-state index contributed by atoms with van der Waals surface area (Å²) in [5, 5.41) is 1.62. The second-order valence-electron chi connectivity index (χ2n) is 13.8.